The predicted octanol–water partition coefficient (Wildman–Crippen LogP) is 7.49. The summed E-state index contributed by atoms with van der Waals surface area (Å²) in [6.07, 6.45) is 13.9. The second-order valence-corrected chi connectivity index (χ2v) is 9.33. The summed E-state index contributed by atoms with van der Waals surface area (Å²) in [7, 11) is 0. The lowest BCUT2D eigenvalue weighted by Crippen LogP contribution is -2.30. The summed E-state index contributed by atoms with van der Waals surface area (Å²) in [5.74, 6) is 2.19. The number of allylic oxidation sites excluding steroid dienone is 2. The fourth-order valence-electron chi connectivity index (χ4n) is 5.54. The van der Waals surface area contributed by atoms with Crippen LogP contribution in [0.4, 0.5) is 4.39 Å². The normalized spacial score (nSPS) is 24.8. The van der Waals surface area contributed by atoms with Gasteiger partial charge in [-0.25, -0.2) is 9.18 Å². The summed E-state index contributed by atoms with van der Waals surface area (Å²) < 4.78 is 24.7. The molecule has 2 aromatic rings. The Bertz CT molecular complexity index is 994. The zero-order valence-corrected chi connectivity index (χ0v) is 19.3. The van der Waals surface area contributed by atoms with Gasteiger partial charge in [-0.15, -0.1) is 0 Å². The summed E-state index contributed by atoms with van der Waals surface area (Å²) in [5, 5.41) is 0. The summed E-state index contributed by atoms with van der Waals surface area (Å²) in [5.41, 5.74) is 1.77. The number of carbonyl (C=O) groups excluding carboxylic acids is 1. The summed E-state index contributed by atoms with van der Waals surface area (Å²) in [6, 6.07) is 11.9. The molecular formula is C29H33FO3. The van der Waals surface area contributed by atoms with Gasteiger partial charge >= 0.3 is 5.97 Å². The molecule has 0 heterocycles. The number of rotatable bonds is 7. The van der Waals surface area contributed by atoms with Crippen molar-refractivity contribution >= 4 is 5.97 Å². The fraction of sp³-hybridized carbons (Fsp3) is 0.414. The standard InChI is InChI=1S/C29H33FO3/c1-3-5-20-6-7-25-18-24(13-12-23(25)17-20)21-8-10-22(11-9-21)29(31)33-26-14-15-28(27(30)19-26)32-16-4-2/h3-5,8-11,14-15,19-20,23-25H,2,6-7,12-13,16-18H2,1H3/b5-3+. The average Bonchev–Trinajstić information content (AvgIpc) is 2.83. The molecule has 0 spiro atoms. The lowest BCUT2D eigenvalue weighted by atomic mass is 9.64. The van der Waals surface area contributed by atoms with E-state index in [1.54, 1.807) is 0 Å². The average molecular weight is 449 g/mol. The Morgan fingerprint density at radius 3 is 2.55 bits per heavy atom. The minimum absolute atomic E-state index is 0.101. The van der Waals surface area contributed by atoms with Crippen LogP contribution < -0.4 is 9.47 Å². The van der Waals surface area contributed by atoms with Crippen molar-refractivity contribution in [1.29, 1.82) is 0 Å². The highest BCUT2D eigenvalue weighted by Gasteiger charge is 2.35. The van der Waals surface area contributed by atoms with Gasteiger partial charge in [-0.1, -0.05) is 36.9 Å². The van der Waals surface area contributed by atoms with Crippen LogP contribution >= 0.6 is 0 Å². The molecule has 0 bridgehead atoms. The summed E-state index contributed by atoms with van der Waals surface area (Å²) in [6.45, 7) is 5.87. The SMILES string of the molecule is C=CCOc1ccc(OC(=O)c2ccc(C3CCC4CC(/C=C/C)CCC4C3)cc2)cc1F. The molecular weight excluding hydrogens is 415 g/mol. The van der Waals surface area contributed by atoms with Crippen LogP contribution in [0.5, 0.6) is 11.5 Å². The molecule has 3 nitrogen and oxygen atoms in total. The van der Waals surface area contributed by atoms with Crippen LogP contribution in [0.2, 0.25) is 0 Å². The van der Waals surface area contributed by atoms with Gasteiger partial charge in [0.25, 0.3) is 0 Å². The number of esters is 1. The summed E-state index contributed by atoms with van der Waals surface area (Å²) >= 11 is 0. The second-order valence-electron chi connectivity index (χ2n) is 9.33. The Morgan fingerprint density at radius 2 is 1.82 bits per heavy atom. The zero-order chi connectivity index (χ0) is 23.2. The molecule has 4 heteroatoms. The second kappa shape index (κ2) is 10.8. The van der Waals surface area contributed by atoms with Gasteiger partial charge in [-0.05, 0) is 98.9 Å². The number of ether oxygens (including phenoxy) is 2. The third-order valence-electron chi connectivity index (χ3n) is 7.21. The van der Waals surface area contributed by atoms with Crippen molar-refractivity contribution in [3.8, 4) is 11.5 Å². The first-order valence-corrected chi connectivity index (χ1v) is 12.1. The Morgan fingerprint density at radius 1 is 1.06 bits per heavy atom. The van der Waals surface area contributed by atoms with Gasteiger partial charge in [-0.2, -0.15) is 0 Å². The zero-order valence-electron chi connectivity index (χ0n) is 19.3. The molecule has 2 aliphatic rings. The van der Waals surface area contributed by atoms with Gasteiger partial charge in [0.15, 0.2) is 11.6 Å². The Hall–Kier alpha value is -2.88. The van der Waals surface area contributed by atoms with Crippen LogP contribution in [0, 0.1) is 23.6 Å². The first kappa shape index (κ1) is 23.3. The Kier molecular flexibility index (Phi) is 7.64. The van der Waals surface area contributed by atoms with Crippen molar-refractivity contribution in [1.82, 2.24) is 0 Å². The van der Waals surface area contributed by atoms with Crippen LogP contribution in [0.3, 0.4) is 0 Å². The lowest BCUT2D eigenvalue weighted by Gasteiger charge is -2.41. The van der Waals surface area contributed by atoms with Crippen molar-refractivity contribution in [2.75, 3.05) is 6.61 Å². The number of fused-ring (bicyclic) bond motifs is 1. The molecule has 0 aromatic heterocycles. The predicted molar refractivity (Wildman–Crippen MR) is 129 cm³/mol. The molecule has 0 saturated heterocycles. The van der Waals surface area contributed by atoms with Crippen LogP contribution in [0.25, 0.3) is 0 Å². The van der Waals surface area contributed by atoms with E-state index >= 15 is 0 Å². The first-order valence-electron chi connectivity index (χ1n) is 12.1. The van der Waals surface area contributed by atoms with Gasteiger partial charge < -0.3 is 9.47 Å². The van der Waals surface area contributed by atoms with Crippen molar-refractivity contribution in [3.05, 3.63) is 84.2 Å². The van der Waals surface area contributed by atoms with E-state index in [2.05, 4.69) is 37.8 Å². The molecule has 0 amide bonds. The molecule has 4 unspecified atom stereocenters. The van der Waals surface area contributed by atoms with E-state index in [4.69, 9.17) is 9.47 Å². The molecule has 174 valence electrons. The van der Waals surface area contributed by atoms with E-state index in [-0.39, 0.29) is 18.1 Å². The molecule has 0 N–H and O–H groups in total. The van der Waals surface area contributed by atoms with Crippen molar-refractivity contribution in [3.63, 3.8) is 0 Å². The molecule has 0 aliphatic heterocycles. The monoisotopic (exact) mass is 448 g/mol. The van der Waals surface area contributed by atoms with E-state index in [0.717, 1.165) is 23.8 Å². The van der Waals surface area contributed by atoms with Crippen LogP contribution in [-0.4, -0.2) is 12.6 Å². The molecule has 2 saturated carbocycles. The number of carbonyl (C=O) groups is 1. The quantitative estimate of drug-likeness (QED) is 0.250. The number of benzene rings is 2. The Balaban J connectivity index is 1.34. The third-order valence-corrected chi connectivity index (χ3v) is 7.21. The Labute approximate surface area is 196 Å². The molecule has 0 radical (unpaired) electrons. The minimum atomic E-state index is -0.576. The third kappa shape index (κ3) is 5.73. The highest BCUT2D eigenvalue weighted by atomic mass is 19.1. The molecule has 2 aromatic carbocycles. The maximum Gasteiger partial charge on any atom is 0.343 e. The number of hydrogen-bond donors (Lipinski definition) is 0. The molecule has 4 rings (SSSR count). The fourth-order valence-corrected chi connectivity index (χ4v) is 5.54. The molecule has 2 fully saturated rings. The smallest absolute Gasteiger partial charge is 0.343 e. The van der Waals surface area contributed by atoms with E-state index in [9.17, 15) is 9.18 Å². The van der Waals surface area contributed by atoms with Crippen LogP contribution in [0.1, 0.15) is 67.3 Å². The topological polar surface area (TPSA) is 35.5 Å². The maximum absolute atomic E-state index is 14.1. The lowest BCUT2D eigenvalue weighted by molar-refractivity contribution is 0.0734. The first-order chi connectivity index (χ1) is 16.1. The highest BCUT2D eigenvalue weighted by Crippen LogP contribution is 2.47. The van der Waals surface area contributed by atoms with Crippen LogP contribution in [0.15, 0.2) is 67.3 Å². The van der Waals surface area contributed by atoms with Gasteiger partial charge in [0.05, 0.1) is 5.56 Å². The van der Waals surface area contributed by atoms with Crippen molar-refractivity contribution < 1.29 is 18.7 Å². The van der Waals surface area contributed by atoms with Crippen molar-refractivity contribution in [2.24, 2.45) is 17.8 Å². The van der Waals surface area contributed by atoms with E-state index in [1.165, 1.54) is 62.3 Å². The molecule has 2 aliphatic carbocycles. The molecule has 4 atom stereocenters. The number of hydrogen-bond acceptors (Lipinski definition) is 3. The summed E-state index contributed by atoms with van der Waals surface area (Å²) in [4.78, 5) is 12.5. The van der Waals surface area contributed by atoms with Gasteiger partial charge in [0, 0.05) is 6.07 Å². The minimum Gasteiger partial charge on any atom is -0.486 e. The van der Waals surface area contributed by atoms with E-state index in [0.29, 0.717) is 11.5 Å². The van der Waals surface area contributed by atoms with Gasteiger partial charge in [0.1, 0.15) is 12.4 Å². The maximum atomic E-state index is 14.1. The van der Waals surface area contributed by atoms with Gasteiger partial charge in [0.2, 0.25) is 0 Å². The van der Waals surface area contributed by atoms with E-state index in [1.807, 2.05) is 12.1 Å². The van der Waals surface area contributed by atoms with Gasteiger partial charge in [-0.3, -0.25) is 0 Å². The highest BCUT2D eigenvalue weighted by molar-refractivity contribution is 5.91. The van der Waals surface area contributed by atoms with Crippen LogP contribution in [-0.2, 0) is 0 Å². The number of halogens is 1. The largest absolute Gasteiger partial charge is 0.486 e. The van der Waals surface area contributed by atoms with Crippen molar-refractivity contribution in [2.45, 2.75) is 51.4 Å². The molecule has 33 heavy (non-hydrogen) atoms. The van der Waals surface area contributed by atoms with E-state index < -0.39 is 11.8 Å².